The fraction of sp³-hybridized carbons (Fsp3) is 0.393. The minimum atomic E-state index is -0.461. The van der Waals surface area contributed by atoms with Gasteiger partial charge in [-0.05, 0) is 50.8 Å². The minimum absolute atomic E-state index is 0.110. The number of benzene rings is 3. The Bertz CT molecular complexity index is 1070. The lowest BCUT2D eigenvalue weighted by Crippen LogP contribution is -2.42. The maximum atomic E-state index is 13.8. The Morgan fingerprint density at radius 3 is 2.45 bits per heavy atom. The molecule has 31 heavy (non-hydrogen) atoms. The third-order valence-corrected chi connectivity index (χ3v) is 6.75. The Labute approximate surface area is 185 Å². The summed E-state index contributed by atoms with van der Waals surface area (Å²) in [5.41, 5.74) is 2.74. The summed E-state index contributed by atoms with van der Waals surface area (Å²) in [5.74, 6) is 0.979. The Hall–Kier alpha value is -2.81. The van der Waals surface area contributed by atoms with Crippen molar-refractivity contribution in [2.75, 3.05) is 5.32 Å². The summed E-state index contributed by atoms with van der Waals surface area (Å²) in [6.07, 6.45) is 6.27. The van der Waals surface area contributed by atoms with Crippen LogP contribution in [-0.4, -0.2) is 12.0 Å². The smallest absolute Gasteiger partial charge is 0.235 e. The molecule has 1 atom stereocenters. The van der Waals surface area contributed by atoms with Crippen molar-refractivity contribution in [3.8, 4) is 5.75 Å². The third-order valence-electron chi connectivity index (χ3n) is 6.75. The van der Waals surface area contributed by atoms with E-state index < -0.39 is 5.41 Å². The molecule has 3 heteroatoms. The number of carbonyl (C=O) groups is 1. The standard InChI is InChI=1S/C28H33NO2/c1-4-21(3)31-26-16-15-25(23-13-6-7-14-24(23)26)29-27(30)28(17-8-5-9-18-28)22-12-10-11-20(2)19-22/h6-7,10-16,19,21H,4-5,8-9,17-18H2,1-3H3,(H,29,30)/t21-/m1/s1. The summed E-state index contributed by atoms with van der Waals surface area (Å²) < 4.78 is 6.14. The lowest BCUT2D eigenvalue weighted by molar-refractivity contribution is -0.122. The van der Waals surface area contributed by atoms with Crippen LogP contribution >= 0.6 is 0 Å². The lowest BCUT2D eigenvalue weighted by Gasteiger charge is -2.36. The van der Waals surface area contributed by atoms with Gasteiger partial charge in [0, 0.05) is 16.5 Å². The van der Waals surface area contributed by atoms with E-state index in [1.165, 1.54) is 12.0 Å². The van der Waals surface area contributed by atoms with E-state index in [-0.39, 0.29) is 12.0 Å². The lowest BCUT2D eigenvalue weighted by atomic mass is 9.68. The van der Waals surface area contributed by atoms with Crippen LogP contribution in [0, 0.1) is 6.92 Å². The van der Waals surface area contributed by atoms with Gasteiger partial charge in [-0.1, -0.05) is 80.3 Å². The first-order valence-corrected chi connectivity index (χ1v) is 11.6. The van der Waals surface area contributed by atoms with Crippen LogP contribution in [-0.2, 0) is 10.2 Å². The highest BCUT2D eigenvalue weighted by Gasteiger charge is 2.41. The second kappa shape index (κ2) is 9.13. The van der Waals surface area contributed by atoms with Crippen molar-refractivity contribution in [1.29, 1.82) is 0 Å². The number of anilines is 1. The van der Waals surface area contributed by atoms with Crippen molar-refractivity contribution in [3.05, 3.63) is 71.8 Å². The molecule has 0 aliphatic heterocycles. The number of carbonyl (C=O) groups excluding carboxylic acids is 1. The van der Waals surface area contributed by atoms with Crippen molar-refractivity contribution < 1.29 is 9.53 Å². The van der Waals surface area contributed by atoms with Crippen LogP contribution in [0.15, 0.2) is 60.7 Å². The van der Waals surface area contributed by atoms with E-state index >= 15 is 0 Å². The Balaban J connectivity index is 1.70. The molecule has 1 saturated carbocycles. The Morgan fingerprint density at radius 1 is 1.00 bits per heavy atom. The number of amides is 1. The fourth-order valence-electron chi connectivity index (χ4n) is 4.77. The largest absolute Gasteiger partial charge is 0.490 e. The summed E-state index contributed by atoms with van der Waals surface area (Å²) in [5, 5.41) is 5.37. The molecule has 1 amide bonds. The normalized spacial score (nSPS) is 16.6. The first-order valence-electron chi connectivity index (χ1n) is 11.6. The van der Waals surface area contributed by atoms with Crippen LogP contribution in [0.1, 0.15) is 63.5 Å². The molecule has 1 aliphatic rings. The molecule has 0 saturated heterocycles. The maximum Gasteiger partial charge on any atom is 0.235 e. The molecule has 162 valence electrons. The van der Waals surface area contributed by atoms with Gasteiger partial charge < -0.3 is 10.1 Å². The van der Waals surface area contributed by atoms with Crippen LogP contribution in [0.2, 0.25) is 0 Å². The van der Waals surface area contributed by atoms with Crippen LogP contribution in [0.4, 0.5) is 5.69 Å². The van der Waals surface area contributed by atoms with Gasteiger partial charge in [0.2, 0.25) is 5.91 Å². The molecule has 0 heterocycles. The molecular formula is C28H33NO2. The molecule has 3 aromatic rings. The summed E-state index contributed by atoms with van der Waals surface area (Å²) in [6.45, 7) is 6.30. The zero-order chi connectivity index (χ0) is 21.8. The van der Waals surface area contributed by atoms with E-state index in [9.17, 15) is 4.79 Å². The average molecular weight is 416 g/mol. The summed E-state index contributed by atoms with van der Waals surface area (Å²) in [4.78, 5) is 13.8. The van der Waals surface area contributed by atoms with Crippen molar-refractivity contribution >= 4 is 22.4 Å². The molecule has 1 N–H and O–H groups in total. The molecule has 0 unspecified atom stereocenters. The number of fused-ring (bicyclic) bond motifs is 1. The fourth-order valence-corrected chi connectivity index (χ4v) is 4.77. The average Bonchev–Trinajstić information content (AvgIpc) is 2.81. The molecule has 3 aromatic carbocycles. The highest BCUT2D eigenvalue weighted by molar-refractivity contribution is 6.07. The van der Waals surface area contributed by atoms with E-state index in [1.807, 2.05) is 24.3 Å². The molecule has 0 spiro atoms. The molecule has 4 rings (SSSR count). The van der Waals surface area contributed by atoms with Gasteiger partial charge in [-0.15, -0.1) is 0 Å². The van der Waals surface area contributed by atoms with Gasteiger partial charge in [0.1, 0.15) is 5.75 Å². The predicted molar refractivity (Wildman–Crippen MR) is 129 cm³/mol. The van der Waals surface area contributed by atoms with Crippen molar-refractivity contribution in [3.63, 3.8) is 0 Å². The van der Waals surface area contributed by atoms with Gasteiger partial charge >= 0.3 is 0 Å². The Morgan fingerprint density at radius 2 is 1.74 bits per heavy atom. The molecule has 1 aliphatic carbocycles. The van der Waals surface area contributed by atoms with E-state index in [4.69, 9.17) is 4.74 Å². The van der Waals surface area contributed by atoms with Crippen molar-refractivity contribution in [1.82, 2.24) is 0 Å². The van der Waals surface area contributed by atoms with Gasteiger partial charge in [-0.2, -0.15) is 0 Å². The van der Waals surface area contributed by atoms with Crippen molar-refractivity contribution in [2.24, 2.45) is 0 Å². The highest BCUT2D eigenvalue weighted by Crippen LogP contribution is 2.41. The van der Waals surface area contributed by atoms with Gasteiger partial charge in [0.25, 0.3) is 0 Å². The SMILES string of the molecule is CC[C@@H](C)Oc1ccc(NC(=O)C2(c3cccc(C)c3)CCCCC2)c2ccccc12. The summed E-state index contributed by atoms with van der Waals surface area (Å²) in [6, 6.07) is 20.6. The second-order valence-electron chi connectivity index (χ2n) is 8.96. The minimum Gasteiger partial charge on any atom is -0.490 e. The van der Waals surface area contributed by atoms with Crippen LogP contribution in [0.25, 0.3) is 10.8 Å². The van der Waals surface area contributed by atoms with Crippen LogP contribution in [0.5, 0.6) is 5.75 Å². The van der Waals surface area contributed by atoms with Gasteiger partial charge in [0.05, 0.1) is 11.5 Å². The summed E-state index contributed by atoms with van der Waals surface area (Å²) >= 11 is 0. The van der Waals surface area contributed by atoms with Crippen LogP contribution in [0.3, 0.4) is 0 Å². The number of rotatable bonds is 6. The quantitative estimate of drug-likeness (QED) is 0.463. The van der Waals surface area contributed by atoms with E-state index in [1.54, 1.807) is 0 Å². The molecule has 0 radical (unpaired) electrons. The zero-order valence-corrected chi connectivity index (χ0v) is 18.9. The van der Waals surface area contributed by atoms with E-state index in [2.05, 4.69) is 62.5 Å². The molecular weight excluding hydrogens is 382 g/mol. The zero-order valence-electron chi connectivity index (χ0n) is 18.9. The number of ether oxygens (including phenoxy) is 1. The second-order valence-corrected chi connectivity index (χ2v) is 8.96. The van der Waals surface area contributed by atoms with E-state index in [0.717, 1.165) is 59.9 Å². The molecule has 0 aromatic heterocycles. The summed E-state index contributed by atoms with van der Waals surface area (Å²) in [7, 11) is 0. The van der Waals surface area contributed by atoms with Gasteiger partial charge in [0.15, 0.2) is 0 Å². The van der Waals surface area contributed by atoms with Crippen molar-refractivity contribution in [2.45, 2.75) is 70.8 Å². The number of hydrogen-bond donors (Lipinski definition) is 1. The molecule has 1 fully saturated rings. The van der Waals surface area contributed by atoms with Crippen LogP contribution < -0.4 is 10.1 Å². The number of aryl methyl sites for hydroxylation is 1. The van der Waals surface area contributed by atoms with Gasteiger partial charge in [-0.3, -0.25) is 4.79 Å². The first-order chi connectivity index (χ1) is 15.0. The number of hydrogen-bond acceptors (Lipinski definition) is 2. The Kier molecular flexibility index (Phi) is 6.31. The monoisotopic (exact) mass is 415 g/mol. The molecule has 3 nitrogen and oxygen atoms in total. The number of nitrogens with one attached hydrogen (secondary N) is 1. The molecule has 0 bridgehead atoms. The maximum absolute atomic E-state index is 13.8. The highest BCUT2D eigenvalue weighted by atomic mass is 16.5. The van der Waals surface area contributed by atoms with Gasteiger partial charge in [-0.25, -0.2) is 0 Å². The third kappa shape index (κ3) is 4.32. The predicted octanol–water partition coefficient (Wildman–Crippen LogP) is 7.17. The van der Waals surface area contributed by atoms with E-state index in [0.29, 0.717) is 0 Å². The topological polar surface area (TPSA) is 38.3 Å². The first kappa shape index (κ1) is 21.4.